The first kappa shape index (κ1) is 10.1. The van der Waals surface area contributed by atoms with Gasteiger partial charge in [0.15, 0.2) is 0 Å². The first-order valence-electron chi connectivity index (χ1n) is 3.58. The third-order valence-corrected chi connectivity index (χ3v) is 1.93. The van der Waals surface area contributed by atoms with E-state index in [9.17, 15) is 4.79 Å². The van der Waals surface area contributed by atoms with Crippen molar-refractivity contribution in [3.63, 3.8) is 0 Å². The standard InChI is InChI=1S/C9H6ClNOS/c10-8-4-2-1-3-7(8)5-9(12)11-6-13/h1-4H,5H2. The minimum absolute atomic E-state index is 0.170. The lowest BCUT2D eigenvalue weighted by Crippen LogP contribution is -1.98. The average Bonchev–Trinajstić information content (AvgIpc) is 2.09. The van der Waals surface area contributed by atoms with E-state index in [2.05, 4.69) is 17.2 Å². The number of halogens is 1. The first-order valence-corrected chi connectivity index (χ1v) is 4.37. The highest BCUT2D eigenvalue weighted by Gasteiger charge is 2.03. The number of thiocarbonyl (C=S) groups is 1. The number of nitrogens with zero attached hydrogens (tertiary/aromatic N) is 1. The second-order valence-electron chi connectivity index (χ2n) is 2.37. The maximum Gasteiger partial charge on any atom is 0.259 e. The Balaban J connectivity index is 2.80. The highest BCUT2D eigenvalue weighted by molar-refractivity contribution is 7.78. The fraction of sp³-hybridized carbons (Fsp3) is 0.111. The van der Waals surface area contributed by atoms with E-state index in [-0.39, 0.29) is 12.3 Å². The van der Waals surface area contributed by atoms with Crippen molar-refractivity contribution in [2.45, 2.75) is 6.42 Å². The van der Waals surface area contributed by atoms with Crippen molar-refractivity contribution >= 4 is 34.9 Å². The van der Waals surface area contributed by atoms with Crippen molar-refractivity contribution in [1.82, 2.24) is 0 Å². The van der Waals surface area contributed by atoms with E-state index in [1.165, 1.54) is 0 Å². The van der Waals surface area contributed by atoms with Crippen LogP contribution in [0.25, 0.3) is 0 Å². The van der Waals surface area contributed by atoms with Gasteiger partial charge in [0.1, 0.15) is 0 Å². The van der Waals surface area contributed by atoms with Crippen molar-refractivity contribution in [2.75, 3.05) is 0 Å². The molecule has 0 bridgehead atoms. The predicted molar refractivity (Wildman–Crippen MR) is 55.2 cm³/mol. The Kier molecular flexibility index (Phi) is 3.77. The van der Waals surface area contributed by atoms with Gasteiger partial charge in [-0.25, -0.2) is 0 Å². The van der Waals surface area contributed by atoms with E-state index in [4.69, 9.17) is 11.6 Å². The van der Waals surface area contributed by atoms with Gasteiger partial charge < -0.3 is 0 Å². The van der Waals surface area contributed by atoms with Gasteiger partial charge in [-0.3, -0.25) is 4.79 Å². The predicted octanol–water partition coefficient (Wildman–Crippen LogP) is 2.51. The molecule has 66 valence electrons. The zero-order chi connectivity index (χ0) is 9.68. The molecule has 0 spiro atoms. The second kappa shape index (κ2) is 4.87. The number of carbonyl (C=O) groups is 1. The van der Waals surface area contributed by atoms with Crippen LogP contribution in [-0.4, -0.2) is 11.1 Å². The van der Waals surface area contributed by atoms with Crippen molar-refractivity contribution in [3.05, 3.63) is 34.9 Å². The van der Waals surface area contributed by atoms with Gasteiger partial charge in [-0.2, -0.15) is 4.99 Å². The van der Waals surface area contributed by atoms with Crippen molar-refractivity contribution in [2.24, 2.45) is 4.99 Å². The van der Waals surface area contributed by atoms with Crippen molar-refractivity contribution in [3.8, 4) is 0 Å². The van der Waals surface area contributed by atoms with Crippen molar-refractivity contribution in [1.29, 1.82) is 0 Å². The molecular weight excluding hydrogens is 206 g/mol. The SMILES string of the molecule is O=C(Cc1ccccc1Cl)N=C=S. The lowest BCUT2D eigenvalue weighted by atomic mass is 10.1. The molecule has 2 nitrogen and oxygen atoms in total. The highest BCUT2D eigenvalue weighted by Crippen LogP contribution is 2.15. The van der Waals surface area contributed by atoms with Gasteiger partial charge in [0.2, 0.25) is 0 Å². The monoisotopic (exact) mass is 211 g/mol. The summed E-state index contributed by atoms with van der Waals surface area (Å²) in [5.41, 5.74) is 0.753. The minimum Gasteiger partial charge on any atom is -0.271 e. The van der Waals surface area contributed by atoms with E-state index in [1.807, 2.05) is 11.2 Å². The van der Waals surface area contributed by atoms with Gasteiger partial charge in [-0.15, -0.1) is 0 Å². The maximum atomic E-state index is 11.0. The maximum absolute atomic E-state index is 11.0. The van der Waals surface area contributed by atoms with Crippen LogP contribution in [0.5, 0.6) is 0 Å². The Hall–Kier alpha value is -1.02. The summed E-state index contributed by atoms with van der Waals surface area (Å²) in [7, 11) is 0. The topological polar surface area (TPSA) is 29.4 Å². The van der Waals surface area contributed by atoms with Crippen LogP contribution in [0.3, 0.4) is 0 Å². The molecule has 0 fully saturated rings. The molecular formula is C9H6ClNOS. The third-order valence-electron chi connectivity index (χ3n) is 1.47. The van der Waals surface area contributed by atoms with Crippen LogP contribution < -0.4 is 0 Å². The van der Waals surface area contributed by atoms with E-state index in [1.54, 1.807) is 18.2 Å². The highest BCUT2D eigenvalue weighted by atomic mass is 35.5. The van der Waals surface area contributed by atoms with E-state index in [0.29, 0.717) is 5.02 Å². The number of isothiocyanates is 1. The van der Waals surface area contributed by atoms with Crippen LogP contribution in [0, 0.1) is 0 Å². The zero-order valence-electron chi connectivity index (χ0n) is 6.66. The number of rotatable bonds is 2. The molecule has 1 aromatic rings. The number of amides is 1. The first-order chi connectivity index (χ1) is 6.24. The fourth-order valence-electron chi connectivity index (χ4n) is 0.895. The van der Waals surface area contributed by atoms with Crippen LogP contribution in [0.1, 0.15) is 5.56 Å². The van der Waals surface area contributed by atoms with Crippen LogP contribution >= 0.6 is 23.8 Å². The molecule has 0 unspecified atom stereocenters. The smallest absolute Gasteiger partial charge is 0.259 e. The largest absolute Gasteiger partial charge is 0.271 e. The Bertz CT molecular complexity index is 372. The van der Waals surface area contributed by atoms with Gasteiger partial charge >= 0.3 is 0 Å². The molecule has 0 atom stereocenters. The Morgan fingerprint density at radius 1 is 1.54 bits per heavy atom. The summed E-state index contributed by atoms with van der Waals surface area (Å²) in [5.74, 6) is -0.330. The molecule has 4 heteroatoms. The molecule has 0 saturated heterocycles. The zero-order valence-corrected chi connectivity index (χ0v) is 8.23. The van der Waals surface area contributed by atoms with Crippen LogP contribution in [-0.2, 0) is 11.2 Å². The van der Waals surface area contributed by atoms with Crippen LogP contribution in [0.15, 0.2) is 29.3 Å². The fourth-order valence-corrected chi connectivity index (χ4v) is 1.20. The molecule has 1 amide bonds. The molecule has 0 aliphatic rings. The molecule has 0 aliphatic carbocycles. The summed E-state index contributed by atoms with van der Waals surface area (Å²) in [4.78, 5) is 14.3. The summed E-state index contributed by atoms with van der Waals surface area (Å²) in [6, 6.07) is 7.12. The number of hydrogen-bond donors (Lipinski definition) is 0. The summed E-state index contributed by atoms with van der Waals surface area (Å²) in [6.45, 7) is 0. The number of benzene rings is 1. The second-order valence-corrected chi connectivity index (χ2v) is 2.95. The molecule has 0 saturated carbocycles. The van der Waals surface area contributed by atoms with Gasteiger partial charge in [0.25, 0.3) is 5.91 Å². The Morgan fingerprint density at radius 2 is 2.23 bits per heavy atom. The van der Waals surface area contributed by atoms with Gasteiger partial charge in [-0.05, 0) is 23.8 Å². The average molecular weight is 212 g/mol. The van der Waals surface area contributed by atoms with Gasteiger partial charge in [0.05, 0.1) is 11.6 Å². The van der Waals surface area contributed by atoms with Crippen LogP contribution in [0.2, 0.25) is 5.02 Å². The third kappa shape index (κ3) is 3.07. The van der Waals surface area contributed by atoms with Crippen LogP contribution in [0.4, 0.5) is 0 Å². The summed E-state index contributed by atoms with van der Waals surface area (Å²) in [6.07, 6.45) is 0.170. The normalized spacial score (nSPS) is 9.00. The van der Waals surface area contributed by atoms with E-state index >= 15 is 0 Å². The molecule has 0 aliphatic heterocycles. The molecule has 0 aromatic heterocycles. The molecule has 1 rings (SSSR count). The number of hydrogen-bond acceptors (Lipinski definition) is 2. The quantitative estimate of drug-likeness (QED) is 0.556. The molecule has 1 aromatic carbocycles. The number of aliphatic imine (C=N–C) groups is 1. The molecule has 13 heavy (non-hydrogen) atoms. The summed E-state index contributed by atoms with van der Waals surface area (Å²) >= 11 is 10.1. The lowest BCUT2D eigenvalue weighted by molar-refractivity contribution is -0.117. The minimum atomic E-state index is -0.330. The lowest BCUT2D eigenvalue weighted by Gasteiger charge is -1.98. The Morgan fingerprint density at radius 3 is 2.85 bits per heavy atom. The van der Waals surface area contributed by atoms with Crippen molar-refractivity contribution < 1.29 is 4.79 Å². The number of carbonyl (C=O) groups excluding carboxylic acids is 1. The van der Waals surface area contributed by atoms with E-state index < -0.39 is 0 Å². The molecule has 0 radical (unpaired) electrons. The van der Waals surface area contributed by atoms with E-state index in [0.717, 1.165) is 5.56 Å². The molecule has 0 N–H and O–H groups in total. The summed E-state index contributed by atoms with van der Waals surface area (Å²) < 4.78 is 0. The molecule has 0 heterocycles. The van der Waals surface area contributed by atoms with Gasteiger partial charge in [0, 0.05) is 5.02 Å². The van der Waals surface area contributed by atoms with Gasteiger partial charge in [-0.1, -0.05) is 29.8 Å². The summed E-state index contributed by atoms with van der Waals surface area (Å²) in [5, 5.41) is 2.59. The Labute approximate surface area is 86.2 Å².